The van der Waals surface area contributed by atoms with Gasteiger partial charge in [0.05, 0.1) is 12.1 Å². The highest BCUT2D eigenvalue weighted by Gasteiger charge is 2.63. The Kier molecular flexibility index (Phi) is 4.26. The number of benzene rings is 1. The van der Waals surface area contributed by atoms with Gasteiger partial charge in [0.15, 0.2) is 0 Å². The van der Waals surface area contributed by atoms with E-state index in [-0.39, 0.29) is 16.3 Å². The number of nitrogens with zero attached hydrogens (tertiary/aromatic N) is 3. The predicted octanol–water partition coefficient (Wildman–Crippen LogP) is 3.24. The molecule has 0 saturated heterocycles. The Morgan fingerprint density at radius 3 is 2.32 bits per heavy atom. The summed E-state index contributed by atoms with van der Waals surface area (Å²) in [5, 5.41) is 14.5. The summed E-state index contributed by atoms with van der Waals surface area (Å²) < 4.78 is 40.4. The third-order valence-electron chi connectivity index (χ3n) is 3.74. The molecule has 5 nitrogen and oxygen atoms in total. The van der Waals surface area contributed by atoms with E-state index in [1.54, 1.807) is 0 Å². The second kappa shape index (κ2) is 6.12. The number of rotatable bonds is 2. The molecule has 0 aliphatic carbocycles. The van der Waals surface area contributed by atoms with Crippen molar-refractivity contribution in [3.05, 3.63) is 64.9 Å². The third-order valence-corrected chi connectivity index (χ3v) is 3.99. The molecule has 1 amide bonds. The first kappa shape index (κ1) is 17.4. The number of aliphatic hydroxyl groups is 1. The van der Waals surface area contributed by atoms with Crippen LogP contribution in [0.2, 0.25) is 5.02 Å². The van der Waals surface area contributed by atoms with Gasteiger partial charge in [-0.1, -0.05) is 23.7 Å². The van der Waals surface area contributed by atoms with Gasteiger partial charge in [-0.15, -0.1) is 0 Å². The summed E-state index contributed by atoms with van der Waals surface area (Å²) >= 11 is 5.77. The molecule has 0 bridgehead atoms. The minimum Gasteiger partial charge on any atom is -0.362 e. The highest BCUT2D eigenvalue weighted by molar-refractivity contribution is 6.30. The lowest BCUT2D eigenvalue weighted by Crippen LogP contribution is -2.56. The molecule has 1 aliphatic heterocycles. The van der Waals surface area contributed by atoms with Gasteiger partial charge in [-0.05, 0) is 29.8 Å². The zero-order valence-electron chi connectivity index (χ0n) is 12.5. The Hall–Kier alpha value is -2.45. The molecule has 0 radical (unpaired) electrons. The molecule has 2 heterocycles. The van der Waals surface area contributed by atoms with Gasteiger partial charge in [-0.3, -0.25) is 9.78 Å². The van der Waals surface area contributed by atoms with Crippen LogP contribution in [0, 0.1) is 0 Å². The van der Waals surface area contributed by atoms with Gasteiger partial charge in [-0.25, -0.2) is 0 Å². The fraction of sp³-hybridized carbons (Fsp3) is 0.188. The molecule has 0 unspecified atom stereocenters. The molecule has 0 saturated carbocycles. The SMILES string of the molecule is O=C(c1ccncc1)N1N=C(c2ccc(Cl)cc2)C[C@]1(O)C(F)(F)F. The van der Waals surface area contributed by atoms with Crippen LogP contribution >= 0.6 is 11.6 Å². The number of carbonyl (C=O) groups excluding carboxylic acids is 1. The molecule has 1 atom stereocenters. The van der Waals surface area contributed by atoms with Gasteiger partial charge in [-0.2, -0.15) is 23.3 Å². The first-order valence-corrected chi connectivity index (χ1v) is 7.47. The van der Waals surface area contributed by atoms with E-state index < -0.39 is 24.2 Å². The first-order chi connectivity index (χ1) is 11.7. The van der Waals surface area contributed by atoms with Crippen LogP contribution in [0.3, 0.4) is 0 Å². The molecule has 1 aliphatic rings. The quantitative estimate of drug-likeness (QED) is 0.883. The first-order valence-electron chi connectivity index (χ1n) is 7.09. The Morgan fingerprint density at radius 2 is 1.76 bits per heavy atom. The van der Waals surface area contributed by atoms with E-state index in [4.69, 9.17) is 11.6 Å². The number of halogens is 4. The van der Waals surface area contributed by atoms with E-state index in [9.17, 15) is 23.1 Å². The summed E-state index contributed by atoms with van der Waals surface area (Å²) in [6.07, 6.45) is -3.44. The standard InChI is InChI=1S/C16H11ClF3N3O2/c17-12-3-1-10(2-4-12)13-9-15(25,16(18,19)20)23(22-13)14(24)11-5-7-21-8-6-11/h1-8,25H,9H2/t15-/m0/s1. The summed E-state index contributed by atoms with van der Waals surface area (Å²) in [5.41, 5.74) is -3.24. The van der Waals surface area contributed by atoms with Crippen molar-refractivity contribution in [2.24, 2.45) is 5.10 Å². The van der Waals surface area contributed by atoms with Crippen molar-refractivity contribution in [3.63, 3.8) is 0 Å². The molecule has 0 spiro atoms. The average Bonchev–Trinajstić information content (AvgIpc) is 2.94. The van der Waals surface area contributed by atoms with Crippen molar-refractivity contribution >= 4 is 23.2 Å². The van der Waals surface area contributed by atoms with Crippen LogP contribution in [0.4, 0.5) is 13.2 Å². The third kappa shape index (κ3) is 3.10. The van der Waals surface area contributed by atoms with E-state index in [0.29, 0.717) is 10.6 Å². The number of hydrazone groups is 1. The molecular formula is C16H11ClF3N3O2. The molecule has 3 rings (SSSR count). The van der Waals surface area contributed by atoms with Gasteiger partial charge in [0.2, 0.25) is 0 Å². The van der Waals surface area contributed by atoms with Crippen LogP contribution in [-0.4, -0.2) is 38.6 Å². The minimum atomic E-state index is -5.09. The van der Waals surface area contributed by atoms with Crippen molar-refractivity contribution in [2.75, 3.05) is 0 Å². The van der Waals surface area contributed by atoms with E-state index >= 15 is 0 Å². The second-order valence-electron chi connectivity index (χ2n) is 5.40. The lowest BCUT2D eigenvalue weighted by Gasteiger charge is -2.32. The Morgan fingerprint density at radius 1 is 1.16 bits per heavy atom. The fourth-order valence-corrected chi connectivity index (χ4v) is 2.53. The molecule has 130 valence electrons. The van der Waals surface area contributed by atoms with Gasteiger partial charge in [0.25, 0.3) is 11.6 Å². The smallest absolute Gasteiger partial charge is 0.362 e. The van der Waals surface area contributed by atoms with Crippen LogP contribution < -0.4 is 0 Å². The van der Waals surface area contributed by atoms with Crippen molar-refractivity contribution < 1.29 is 23.1 Å². The van der Waals surface area contributed by atoms with Crippen LogP contribution in [0.15, 0.2) is 53.9 Å². The molecule has 2 aromatic rings. The molecule has 1 N–H and O–H groups in total. The molecule has 1 aromatic carbocycles. The molecule has 25 heavy (non-hydrogen) atoms. The number of alkyl halides is 3. The second-order valence-corrected chi connectivity index (χ2v) is 5.83. The maximum atomic E-state index is 13.5. The van der Waals surface area contributed by atoms with E-state index in [0.717, 1.165) is 0 Å². The van der Waals surface area contributed by atoms with Crippen molar-refractivity contribution in [2.45, 2.75) is 18.3 Å². The van der Waals surface area contributed by atoms with Crippen LogP contribution in [0.25, 0.3) is 0 Å². The van der Waals surface area contributed by atoms with E-state index in [1.807, 2.05) is 0 Å². The maximum absolute atomic E-state index is 13.5. The molecule has 9 heteroatoms. The highest BCUT2D eigenvalue weighted by Crippen LogP contribution is 2.42. The fourth-order valence-electron chi connectivity index (χ4n) is 2.40. The summed E-state index contributed by atoms with van der Waals surface area (Å²) in [7, 11) is 0. The number of aromatic nitrogens is 1. The monoisotopic (exact) mass is 369 g/mol. The Labute approximate surface area is 145 Å². The van der Waals surface area contributed by atoms with Crippen LogP contribution in [-0.2, 0) is 0 Å². The van der Waals surface area contributed by atoms with Crippen LogP contribution in [0.1, 0.15) is 22.3 Å². The Bertz CT molecular complexity index is 825. The van der Waals surface area contributed by atoms with Gasteiger partial charge < -0.3 is 5.11 Å². The van der Waals surface area contributed by atoms with Crippen LogP contribution in [0.5, 0.6) is 0 Å². The number of hydrogen-bond acceptors (Lipinski definition) is 4. The number of pyridine rings is 1. The minimum absolute atomic E-state index is 0.0705. The van der Waals surface area contributed by atoms with Gasteiger partial charge in [0, 0.05) is 23.0 Å². The van der Waals surface area contributed by atoms with Crippen molar-refractivity contribution in [3.8, 4) is 0 Å². The molecule has 0 fully saturated rings. The number of hydrogen-bond donors (Lipinski definition) is 1. The van der Waals surface area contributed by atoms with Crippen molar-refractivity contribution in [1.29, 1.82) is 0 Å². The van der Waals surface area contributed by atoms with Crippen molar-refractivity contribution in [1.82, 2.24) is 9.99 Å². The van der Waals surface area contributed by atoms with Gasteiger partial charge >= 0.3 is 6.18 Å². The molecular weight excluding hydrogens is 359 g/mol. The number of amides is 1. The van der Waals surface area contributed by atoms with E-state index in [2.05, 4.69) is 10.1 Å². The lowest BCUT2D eigenvalue weighted by molar-refractivity contribution is -0.297. The molecule has 1 aromatic heterocycles. The number of carbonyl (C=O) groups is 1. The zero-order chi connectivity index (χ0) is 18.2. The summed E-state index contributed by atoms with van der Waals surface area (Å²) in [5.74, 6) is -1.08. The largest absolute Gasteiger partial charge is 0.438 e. The zero-order valence-corrected chi connectivity index (χ0v) is 13.3. The van der Waals surface area contributed by atoms with Gasteiger partial charge in [0.1, 0.15) is 0 Å². The predicted molar refractivity (Wildman–Crippen MR) is 84.0 cm³/mol. The Balaban J connectivity index is 2.04. The maximum Gasteiger partial charge on any atom is 0.438 e. The summed E-state index contributed by atoms with van der Waals surface area (Å²) in [6.45, 7) is 0. The average molecular weight is 370 g/mol. The highest BCUT2D eigenvalue weighted by atomic mass is 35.5. The normalized spacial score (nSPS) is 20.5. The van der Waals surface area contributed by atoms with E-state index in [1.165, 1.54) is 48.8 Å². The topological polar surface area (TPSA) is 65.8 Å². The summed E-state index contributed by atoms with van der Waals surface area (Å²) in [4.78, 5) is 16.2. The summed E-state index contributed by atoms with van der Waals surface area (Å²) in [6, 6.07) is 8.40. The lowest BCUT2D eigenvalue weighted by atomic mass is 10.0.